The molecule has 0 aromatic heterocycles. The van der Waals surface area contributed by atoms with Crippen LogP contribution in [0.2, 0.25) is 0 Å². The summed E-state index contributed by atoms with van der Waals surface area (Å²) in [6.07, 6.45) is 2.67. The van der Waals surface area contributed by atoms with E-state index in [-0.39, 0.29) is 11.9 Å². The van der Waals surface area contributed by atoms with E-state index in [1.807, 2.05) is 24.3 Å². The number of nitrogens with one attached hydrogen (secondary N) is 2. The molecule has 4 heteroatoms. The Bertz CT molecular complexity index is 471. The number of fused-ring (bicyclic) bond motifs is 1. The Hall–Kier alpha value is -1.39. The van der Waals surface area contributed by atoms with Crippen molar-refractivity contribution in [3.05, 3.63) is 35.4 Å². The number of aliphatic hydroxyl groups excluding tert-OH is 1. The van der Waals surface area contributed by atoms with Gasteiger partial charge in [0.05, 0.1) is 18.7 Å². The van der Waals surface area contributed by atoms with Crippen LogP contribution in [0.3, 0.4) is 0 Å². The van der Waals surface area contributed by atoms with E-state index in [4.69, 9.17) is 0 Å². The number of aliphatic hydroxyl groups is 1. The van der Waals surface area contributed by atoms with E-state index >= 15 is 0 Å². The first kappa shape index (κ1) is 12.6. The lowest BCUT2D eigenvalue weighted by molar-refractivity contribution is -0.121. The molecule has 102 valence electrons. The lowest BCUT2D eigenvalue weighted by atomic mass is 10.1. The number of hydrogen-bond donors (Lipinski definition) is 3. The minimum absolute atomic E-state index is 0.0404. The number of hydrogen-bond acceptors (Lipinski definition) is 3. The topological polar surface area (TPSA) is 61.4 Å². The van der Waals surface area contributed by atoms with Crippen molar-refractivity contribution in [1.29, 1.82) is 0 Å². The Balaban J connectivity index is 1.55. The molecule has 1 aromatic rings. The average molecular weight is 260 g/mol. The molecule has 1 fully saturated rings. The Morgan fingerprint density at radius 2 is 2.11 bits per heavy atom. The molecular weight excluding hydrogens is 240 g/mol. The van der Waals surface area contributed by atoms with Gasteiger partial charge in [-0.05, 0) is 36.4 Å². The fourth-order valence-corrected chi connectivity index (χ4v) is 2.68. The van der Waals surface area contributed by atoms with Crippen LogP contribution in [-0.4, -0.2) is 30.2 Å². The highest BCUT2D eigenvalue weighted by atomic mass is 16.3. The number of carbonyl (C=O) groups excluding carboxylic acids is 1. The summed E-state index contributed by atoms with van der Waals surface area (Å²) >= 11 is 0. The van der Waals surface area contributed by atoms with E-state index in [0.29, 0.717) is 13.0 Å². The highest BCUT2D eigenvalue weighted by Crippen LogP contribution is 2.31. The fraction of sp³-hybridized carbons (Fsp3) is 0.533. The van der Waals surface area contributed by atoms with Gasteiger partial charge in [0.1, 0.15) is 0 Å². The molecule has 4 nitrogen and oxygen atoms in total. The summed E-state index contributed by atoms with van der Waals surface area (Å²) in [5, 5.41) is 16.1. The van der Waals surface area contributed by atoms with Crippen LogP contribution < -0.4 is 10.6 Å². The van der Waals surface area contributed by atoms with Gasteiger partial charge >= 0.3 is 0 Å². The summed E-state index contributed by atoms with van der Waals surface area (Å²) in [5.74, 6) is 0.729. The van der Waals surface area contributed by atoms with Crippen LogP contribution in [0.5, 0.6) is 0 Å². The zero-order valence-corrected chi connectivity index (χ0v) is 10.9. The molecule has 0 saturated heterocycles. The molecule has 0 heterocycles. The molecule has 19 heavy (non-hydrogen) atoms. The molecule has 0 aliphatic heterocycles. The van der Waals surface area contributed by atoms with Gasteiger partial charge < -0.3 is 15.7 Å². The highest BCUT2D eigenvalue weighted by molar-refractivity contribution is 5.78. The minimum atomic E-state index is -0.509. The van der Waals surface area contributed by atoms with Crippen LogP contribution >= 0.6 is 0 Å². The van der Waals surface area contributed by atoms with E-state index < -0.39 is 6.10 Å². The van der Waals surface area contributed by atoms with E-state index in [1.54, 1.807) is 0 Å². The van der Waals surface area contributed by atoms with Crippen LogP contribution in [0, 0.1) is 5.92 Å². The maximum Gasteiger partial charge on any atom is 0.234 e. The summed E-state index contributed by atoms with van der Waals surface area (Å²) in [5.41, 5.74) is 2.18. The van der Waals surface area contributed by atoms with Gasteiger partial charge in [-0.1, -0.05) is 24.3 Å². The third kappa shape index (κ3) is 2.96. The summed E-state index contributed by atoms with van der Waals surface area (Å²) in [4.78, 5) is 11.9. The van der Waals surface area contributed by atoms with Gasteiger partial charge in [-0.15, -0.1) is 0 Å². The normalized spacial score (nSPS) is 25.1. The van der Waals surface area contributed by atoms with Crippen LogP contribution in [0.25, 0.3) is 0 Å². The SMILES string of the molecule is O=C(CNCC1CC1)N[C@H]1c2ccccc2C[C@H]1O. The second-order valence-electron chi connectivity index (χ2n) is 5.59. The first-order valence-corrected chi connectivity index (χ1v) is 7.00. The second kappa shape index (κ2) is 5.31. The summed E-state index contributed by atoms with van der Waals surface area (Å²) in [7, 11) is 0. The van der Waals surface area contributed by atoms with Crippen LogP contribution in [0.4, 0.5) is 0 Å². The average Bonchev–Trinajstić information content (AvgIpc) is 3.16. The van der Waals surface area contributed by atoms with Gasteiger partial charge in [0.2, 0.25) is 5.91 Å². The summed E-state index contributed by atoms with van der Waals surface area (Å²) in [6.45, 7) is 1.26. The van der Waals surface area contributed by atoms with E-state index in [1.165, 1.54) is 12.8 Å². The maximum absolute atomic E-state index is 11.9. The number of rotatable bonds is 5. The van der Waals surface area contributed by atoms with Crippen molar-refractivity contribution in [3.8, 4) is 0 Å². The predicted molar refractivity (Wildman–Crippen MR) is 72.6 cm³/mol. The van der Waals surface area contributed by atoms with E-state index in [2.05, 4.69) is 10.6 Å². The zero-order chi connectivity index (χ0) is 13.2. The lowest BCUT2D eigenvalue weighted by Crippen LogP contribution is -2.39. The monoisotopic (exact) mass is 260 g/mol. The Morgan fingerprint density at radius 3 is 2.89 bits per heavy atom. The van der Waals surface area contributed by atoms with Crippen LogP contribution in [0.1, 0.15) is 30.0 Å². The molecule has 1 saturated carbocycles. The van der Waals surface area contributed by atoms with Gasteiger partial charge in [0.15, 0.2) is 0 Å². The van der Waals surface area contributed by atoms with Crippen molar-refractivity contribution in [2.75, 3.05) is 13.1 Å². The Labute approximate surface area is 113 Å². The Kier molecular flexibility index (Phi) is 3.53. The lowest BCUT2D eigenvalue weighted by Gasteiger charge is -2.18. The smallest absolute Gasteiger partial charge is 0.234 e. The molecule has 1 aromatic carbocycles. The standard InChI is InChI=1S/C15H20N2O2/c18-13-7-11-3-1-2-4-12(11)15(13)17-14(19)9-16-8-10-5-6-10/h1-4,10,13,15-16,18H,5-9H2,(H,17,19)/t13-,15+/m1/s1. The number of benzene rings is 1. The first-order valence-electron chi connectivity index (χ1n) is 7.00. The first-order chi connectivity index (χ1) is 9.24. The third-order valence-electron chi connectivity index (χ3n) is 3.94. The third-order valence-corrected chi connectivity index (χ3v) is 3.94. The molecule has 0 bridgehead atoms. The van der Waals surface area contributed by atoms with Crippen molar-refractivity contribution in [2.45, 2.75) is 31.4 Å². The molecule has 3 N–H and O–H groups in total. The van der Waals surface area contributed by atoms with Gasteiger partial charge in [-0.25, -0.2) is 0 Å². The predicted octanol–water partition coefficient (Wildman–Crippen LogP) is 0.760. The quantitative estimate of drug-likeness (QED) is 0.732. The highest BCUT2D eigenvalue weighted by Gasteiger charge is 2.31. The van der Waals surface area contributed by atoms with Crippen molar-refractivity contribution in [2.24, 2.45) is 5.92 Å². The van der Waals surface area contributed by atoms with Crippen LogP contribution in [-0.2, 0) is 11.2 Å². The molecule has 2 aliphatic carbocycles. The largest absolute Gasteiger partial charge is 0.390 e. The van der Waals surface area contributed by atoms with Gasteiger partial charge in [0.25, 0.3) is 0 Å². The zero-order valence-electron chi connectivity index (χ0n) is 10.9. The van der Waals surface area contributed by atoms with Crippen molar-refractivity contribution >= 4 is 5.91 Å². The number of carbonyl (C=O) groups is 1. The molecule has 2 atom stereocenters. The van der Waals surface area contributed by atoms with Gasteiger partial charge in [-0.2, -0.15) is 0 Å². The molecule has 1 amide bonds. The van der Waals surface area contributed by atoms with E-state index in [0.717, 1.165) is 23.6 Å². The fourth-order valence-electron chi connectivity index (χ4n) is 2.68. The summed E-state index contributed by atoms with van der Waals surface area (Å²) < 4.78 is 0. The maximum atomic E-state index is 11.9. The molecule has 0 radical (unpaired) electrons. The van der Waals surface area contributed by atoms with Gasteiger partial charge in [-0.3, -0.25) is 4.79 Å². The van der Waals surface area contributed by atoms with Crippen LogP contribution in [0.15, 0.2) is 24.3 Å². The summed E-state index contributed by atoms with van der Waals surface area (Å²) in [6, 6.07) is 7.64. The Morgan fingerprint density at radius 1 is 1.32 bits per heavy atom. The van der Waals surface area contributed by atoms with Gasteiger partial charge in [0, 0.05) is 6.42 Å². The van der Waals surface area contributed by atoms with E-state index in [9.17, 15) is 9.90 Å². The van der Waals surface area contributed by atoms with Crippen molar-refractivity contribution in [1.82, 2.24) is 10.6 Å². The minimum Gasteiger partial charge on any atom is -0.390 e. The molecule has 3 rings (SSSR count). The number of amides is 1. The molecule has 2 aliphatic rings. The molecule has 0 unspecified atom stereocenters. The van der Waals surface area contributed by atoms with Crippen molar-refractivity contribution < 1.29 is 9.90 Å². The van der Waals surface area contributed by atoms with Crippen molar-refractivity contribution in [3.63, 3.8) is 0 Å². The second-order valence-corrected chi connectivity index (χ2v) is 5.59. The molecular formula is C15H20N2O2. The molecule has 0 spiro atoms.